The number of carboxylic acid groups (broad SMARTS) is 1. The van der Waals surface area contributed by atoms with E-state index >= 15 is 0 Å². The van der Waals surface area contributed by atoms with Crippen LogP contribution in [0.2, 0.25) is 0 Å². The number of carbonyl (C=O) groups excluding carboxylic acids is 1. The quantitative estimate of drug-likeness (QED) is 0.274. The van der Waals surface area contributed by atoms with Gasteiger partial charge >= 0.3 is 6.09 Å². The van der Waals surface area contributed by atoms with E-state index in [0.29, 0.717) is 12.0 Å². The van der Waals surface area contributed by atoms with Crippen LogP contribution in [0.15, 0.2) is 42.5 Å². The minimum atomic E-state index is -1.08. The Bertz CT molecular complexity index is 917. The van der Waals surface area contributed by atoms with Gasteiger partial charge in [0.25, 0.3) is 0 Å². The number of amides is 2. The van der Waals surface area contributed by atoms with E-state index in [4.69, 9.17) is 9.84 Å². The maximum absolute atomic E-state index is 13.0. The van der Waals surface area contributed by atoms with Gasteiger partial charge in [-0.2, -0.15) is 0 Å². The van der Waals surface area contributed by atoms with Crippen LogP contribution in [0, 0.1) is 11.6 Å². The van der Waals surface area contributed by atoms with Gasteiger partial charge in [-0.3, -0.25) is 4.79 Å². The van der Waals surface area contributed by atoms with E-state index < -0.39 is 17.7 Å². The molecule has 37 heavy (non-hydrogen) atoms. The van der Waals surface area contributed by atoms with Crippen LogP contribution >= 0.6 is 0 Å². The van der Waals surface area contributed by atoms with E-state index in [1.807, 2.05) is 38.1 Å². The number of rotatable bonds is 15. The molecule has 0 saturated heterocycles. The van der Waals surface area contributed by atoms with Gasteiger partial charge in [0.05, 0.1) is 7.11 Å². The summed E-state index contributed by atoms with van der Waals surface area (Å²) in [6, 6.07) is 11.6. The molecular weight excluding hydrogens is 480 g/mol. The fraction of sp³-hybridized carbons (Fsp3) is 0.500. The van der Waals surface area contributed by atoms with Crippen molar-refractivity contribution in [2.24, 2.45) is 0 Å². The van der Waals surface area contributed by atoms with Crippen LogP contribution in [-0.2, 0) is 17.8 Å². The molecule has 0 bridgehead atoms. The third-order valence-corrected chi connectivity index (χ3v) is 5.41. The molecule has 206 valence electrons. The Balaban J connectivity index is 0.000000401. The second kappa shape index (κ2) is 19.0. The van der Waals surface area contributed by atoms with E-state index in [-0.39, 0.29) is 18.9 Å². The average molecular weight is 522 g/mol. The largest absolute Gasteiger partial charge is 0.497 e. The number of carbonyl (C=O) groups is 2. The Hall–Kier alpha value is -3.20. The number of ether oxygens (including phenoxy) is 1. The van der Waals surface area contributed by atoms with Crippen molar-refractivity contribution in [1.29, 1.82) is 0 Å². The predicted molar refractivity (Wildman–Crippen MR) is 142 cm³/mol. The van der Waals surface area contributed by atoms with Crippen molar-refractivity contribution < 1.29 is 28.2 Å². The second-order valence-corrected chi connectivity index (χ2v) is 8.63. The van der Waals surface area contributed by atoms with Crippen LogP contribution in [0.5, 0.6) is 5.75 Å². The van der Waals surface area contributed by atoms with Gasteiger partial charge in [0, 0.05) is 38.7 Å². The molecule has 3 N–H and O–H groups in total. The molecule has 2 aromatic carbocycles. The lowest BCUT2D eigenvalue weighted by Crippen LogP contribution is -2.35. The van der Waals surface area contributed by atoms with Crippen molar-refractivity contribution in [1.82, 2.24) is 15.5 Å². The Morgan fingerprint density at radius 3 is 2.22 bits per heavy atom. The molecule has 2 rings (SSSR count). The number of methoxy groups -OCH3 is 1. The number of hydrogen-bond donors (Lipinski definition) is 3. The van der Waals surface area contributed by atoms with Crippen LogP contribution in [0.4, 0.5) is 13.6 Å². The highest BCUT2D eigenvalue weighted by Crippen LogP contribution is 2.13. The normalized spacial score (nSPS) is 10.3. The number of benzene rings is 2. The summed E-state index contributed by atoms with van der Waals surface area (Å²) in [5.41, 5.74) is 1.89. The van der Waals surface area contributed by atoms with Gasteiger partial charge in [-0.1, -0.05) is 26.0 Å². The van der Waals surface area contributed by atoms with Gasteiger partial charge in [0.1, 0.15) is 17.4 Å². The maximum atomic E-state index is 13.0. The monoisotopic (exact) mass is 521 g/mol. The number of nitrogens with one attached hydrogen (secondary N) is 2. The minimum Gasteiger partial charge on any atom is -0.497 e. The summed E-state index contributed by atoms with van der Waals surface area (Å²) in [4.78, 5) is 23.5. The molecule has 0 aliphatic heterocycles. The van der Waals surface area contributed by atoms with Crippen LogP contribution < -0.4 is 15.4 Å². The van der Waals surface area contributed by atoms with E-state index in [1.54, 1.807) is 12.0 Å². The lowest BCUT2D eigenvalue weighted by Gasteiger charge is -2.21. The zero-order valence-corrected chi connectivity index (χ0v) is 22.2. The molecule has 2 amide bonds. The topological polar surface area (TPSA) is 90.9 Å². The molecular formula is C28H41F2N3O4. The SMILES string of the molecule is CCCN(CCC)C(=O)CCNC(=O)O.COc1cccc(CNCCCCc2cc(F)cc(F)c2)c1. The maximum Gasteiger partial charge on any atom is 0.404 e. The molecule has 0 aliphatic carbocycles. The van der Waals surface area contributed by atoms with Crippen LogP contribution in [0.25, 0.3) is 0 Å². The highest BCUT2D eigenvalue weighted by atomic mass is 19.1. The number of halogens is 2. The summed E-state index contributed by atoms with van der Waals surface area (Å²) in [6.45, 7) is 7.38. The van der Waals surface area contributed by atoms with Crippen molar-refractivity contribution in [3.05, 3.63) is 65.2 Å². The van der Waals surface area contributed by atoms with Gasteiger partial charge in [-0.25, -0.2) is 13.6 Å². The Labute approximate surface area is 219 Å². The third kappa shape index (κ3) is 14.8. The standard InChI is InChI=1S/C18H21F2NO.C10H20N2O3/c1-22-18-7-4-6-15(11-18)13-21-8-3-2-5-14-9-16(19)12-17(20)10-14;1-3-7-12(8-4-2)9(13)5-6-11-10(14)15/h4,6-7,9-12,21H,2-3,5,8,13H2,1H3;11H,3-8H2,1-2H3,(H,14,15). The predicted octanol–water partition coefficient (Wildman–Crippen LogP) is 5.38. The van der Waals surface area contributed by atoms with Gasteiger partial charge in [0.15, 0.2) is 0 Å². The van der Waals surface area contributed by atoms with Crippen LogP contribution in [0.1, 0.15) is 57.1 Å². The number of hydrogen-bond acceptors (Lipinski definition) is 4. The number of unbranched alkanes of at least 4 members (excludes halogenated alkanes) is 1. The molecule has 0 atom stereocenters. The Kier molecular flexibility index (Phi) is 16.3. The van der Waals surface area contributed by atoms with E-state index in [9.17, 15) is 18.4 Å². The Morgan fingerprint density at radius 2 is 1.62 bits per heavy atom. The van der Waals surface area contributed by atoms with E-state index in [0.717, 1.165) is 63.7 Å². The first-order chi connectivity index (χ1) is 17.8. The fourth-order valence-electron chi connectivity index (χ4n) is 3.69. The average Bonchev–Trinajstić information content (AvgIpc) is 2.85. The Morgan fingerprint density at radius 1 is 0.946 bits per heavy atom. The zero-order valence-electron chi connectivity index (χ0n) is 22.2. The van der Waals surface area contributed by atoms with Crippen molar-refractivity contribution in [2.45, 2.75) is 58.9 Å². The summed E-state index contributed by atoms with van der Waals surface area (Å²) >= 11 is 0. The molecule has 0 heterocycles. The molecule has 7 nitrogen and oxygen atoms in total. The lowest BCUT2D eigenvalue weighted by molar-refractivity contribution is -0.131. The number of nitrogens with zero attached hydrogens (tertiary/aromatic N) is 1. The third-order valence-electron chi connectivity index (χ3n) is 5.41. The van der Waals surface area contributed by atoms with E-state index in [1.165, 1.54) is 17.7 Å². The van der Waals surface area contributed by atoms with Gasteiger partial charge < -0.3 is 25.4 Å². The summed E-state index contributed by atoms with van der Waals surface area (Å²) in [5.74, 6) is -0.141. The molecule has 0 aliphatic rings. The first-order valence-electron chi connectivity index (χ1n) is 12.8. The van der Waals surface area contributed by atoms with Gasteiger partial charge in [-0.05, 0) is 74.0 Å². The summed E-state index contributed by atoms with van der Waals surface area (Å²) in [5, 5.41) is 13.9. The van der Waals surface area contributed by atoms with Crippen LogP contribution in [0.3, 0.4) is 0 Å². The highest BCUT2D eigenvalue weighted by molar-refractivity contribution is 5.77. The first kappa shape index (κ1) is 31.8. The molecule has 0 fully saturated rings. The molecule has 0 spiro atoms. The molecule has 0 aromatic heterocycles. The summed E-state index contributed by atoms with van der Waals surface area (Å²) in [7, 11) is 1.65. The highest BCUT2D eigenvalue weighted by Gasteiger charge is 2.11. The fourth-order valence-corrected chi connectivity index (χ4v) is 3.69. The minimum absolute atomic E-state index is 0.0208. The number of aryl methyl sites for hydroxylation is 1. The molecule has 0 saturated carbocycles. The zero-order chi connectivity index (χ0) is 27.5. The van der Waals surface area contributed by atoms with Gasteiger partial charge in [0.2, 0.25) is 5.91 Å². The van der Waals surface area contributed by atoms with E-state index in [2.05, 4.69) is 10.6 Å². The summed E-state index contributed by atoms with van der Waals surface area (Å²) in [6.07, 6.45) is 3.56. The molecule has 9 heteroatoms. The summed E-state index contributed by atoms with van der Waals surface area (Å²) < 4.78 is 31.3. The van der Waals surface area contributed by atoms with Crippen molar-refractivity contribution in [3.8, 4) is 5.75 Å². The van der Waals surface area contributed by atoms with Crippen molar-refractivity contribution in [2.75, 3.05) is 33.3 Å². The molecule has 0 radical (unpaired) electrons. The molecule has 2 aromatic rings. The van der Waals surface area contributed by atoms with Crippen LogP contribution in [-0.4, -0.2) is 55.3 Å². The molecule has 0 unspecified atom stereocenters. The van der Waals surface area contributed by atoms with Crippen molar-refractivity contribution in [3.63, 3.8) is 0 Å². The second-order valence-electron chi connectivity index (χ2n) is 8.63. The lowest BCUT2D eigenvalue weighted by atomic mass is 10.1. The smallest absolute Gasteiger partial charge is 0.404 e. The first-order valence-corrected chi connectivity index (χ1v) is 12.8. The van der Waals surface area contributed by atoms with Crippen molar-refractivity contribution >= 4 is 12.0 Å². The van der Waals surface area contributed by atoms with Gasteiger partial charge in [-0.15, -0.1) is 0 Å².